The number of benzene rings is 1. The summed E-state index contributed by atoms with van der Waals surface area (Å²) in [5, 5.41) is 24.3. The van der Waals surface area contributed by atoms with Gasteiger partial charge in [0.2, 0.25) is 0 Å². The van der Waals surface area contributed by atoms with Gasteiger partial charge in [0.25, 0.3) is 0 Å². The van der Waals surface area contributed by atoms with Crippen LogP contribution in [0.25, 0.3) is 43.3 Å². The Bertz CT molecular complexity index is 1440. The van der Waals surface area contributed by atoms with Gasteiger partial charge in [-0.1, -0.05) is 18.2 Å². The summed E-state index contributed by atoms with van der Waals surface area (Å²) in [5.74, 6) is 0. The Hall–Kier alpha value is -3.58. The summed E-state index contributed by atoms with van der Waals surface area (Å²) in [6.07, 6.45) is 1.75. The number of piperazine rings is 1. The van der Waals surface area contributed by atoms with Crippen LogP contribution in [0.1, 0.15) is 5.56 Å². The predicted octanol–water partition coefficient (Wildman–Crippen LogP) is 4.76. The van der Waals surface area contributed by atoms with Crippen molar-refractivity contribution in [3.8, 4) is 38.3 Å². The Morgan fingerprint density at radius 3 is 2.58 bits per heavy atom. The monoisotopic (exact) mass is 469 g/mol. The molecule has 0 amide bonds. The molecule has 1 aliphatic heterocycles. The summed E-state index contributed by atoms with van der Waals surface area (Å²) in [6.45, 7) is 3.95. The Morgan fingerprint density at radius 1 is 1.03 bits per heavy atom. The van der Waals surface area contributed by atoms with E-state index in [1.807, 2.05) is 11.4 Å². The molecule has 1 saturated heterocycles. The van der Waals surface area contributed by atoms with Crippen molar-refractivity contribution in [1.82, 2.24) is 25.5 Å². The van der Waals surface area contributed by atoms with E-state index in [4.69, 9.17) is 4.98 Å². The van der Waals surface area contributed by atoms with Crippen LogP contribution in [0.5, 0.6) is 0 Å². The van der Waals surface area contributed by atoms with Gasteiger partial charge in [0.15, 0.2) is 5.65 Å². The molecule has 7 nitrogen and oxygen atoms in total. The van der Waals surface area contributed by atoms with Gasteiger partial charge in [-0.15, -0.1) is 22.7 Å². The van der Waals surface area contributed by atoms with Crippen LogP contribution >= 0.6 is 22.7 Å². The van der Waals surface area contributed by atoms with Crippen molar-refractivity contribution in [1.29, 1.82) is 5.26 Å². The average molecular weight is 470 g/mol. The van der Waals surface area contributed by atoms with E-state index in [-0.39, 0.29) is 0 Å². The molecule has 0 unspecified atom stereocenters. The van der Waals surface area contributed by atoms with Gasteiger partial charge in [0.1, 0.15) is 11.8 Å². The van der Waals surface area contributed by atoms with Gasteiger partial charge in [-0.2, -0.15) is 10.4 Å². The number of thiazole rings is 1. The van der Waals surface area contributed by atoms with Crippen LogP contribution in [0.2, 0.25) is 0 Å². The standard InChI is InChI=1S/C24H19N7S2/c25-12-17-20(15-3-5-16(6-4-15)31-9-7-26-8-10-31)21-23(18-2-1-11-32-18)29-30-24(21)28-22(17)19-13-27-14-33-19/h1-6,11,13-14,26H,7-10H2,(H,28,29,30). The smallest absolute Gasteiger partial charge is 0.182 e. The summed E-state index contributed by atoms with van der Waals surface area (Å²) in [4.78, 5) is 13.3. The molecule has 162 valence electrons. The fourth-order valence-electron chi connectivity index (χ4n) is 4.32. The van der Waals surface area contributed by atoms with Crippen molar-refractivity contribution >= 4 is 39.4 Å². The number of anilines is 1. The number of aromatic amines is 1. The third kappa shape index (κ3) is 3.49. The van der Waals surface area contributed by atoms with Crippen LogP contribution in [-0.2, 0) is 0 Å². The number of hydrogen-bond donors (Lipinski definition) is 2. The summed E-state index contributed by atoms with van der Waals surface area (Å²) < 4.78 is 0. The van der Waals surface area contributed by atoms with Crippen LogP contribution < -0.4 is 10.2 Å². The number of pyridine rings is 1. The SMILES string of the molecule is N#Cc1c(-c2cncs2)nc2n[nH]c(-c3cccs3)c2c1-c1ccc(N2CCNCC2)cc1. The second-order valence-corrected chi connectivity index (χ2v) is 9.58. The fraction of sp³-hybridized carbons (Fsp3) is 0.167. The number of fused-ring (bicyclic) bond motifs is 1. The van der Waals surface area contributed by atoms with Crippen molar-refractivity contribution < 1.29 is 0 Å². The predicted molar refractivity (Wildman–Crippen MR) is 134 cm³/mol. The molecule has 1 aliphatic rings. The second-order valence-electron chi connectivity index (χ2n) is 7.75. The highest BCUT2D eigenvalue weighted by atomic mass is 32.1. The zero-order valence-electron chi connectivity index (χ0n) is 17.6. The highest BCUT2D eigenvalue weighted by molar-refractivity contribution is 7.13. The lowest BCUT2D eigenvalue weighted by Crippen LogP contribution is -2.43. The Labute approximate surface area is 198 Å². The quantitative estimate of drug-likeness (QED) is 0.394. The number of nitrogens with zero attached hydrogens (tertiary/aromatic N) is 5. The van der Waals surface area contributed by atoms with E-state index in [0.717, 1.165) is 58.1 Å². The van der Waals surface area contributed by atoms with Crippen LogP contribution in [0, 0.1) is 11.3 Å². The molecule has 0 aliphatic carbocycles. The maximum absolute atomic E-state index is 10.3. The molecular weight excluding hydrogens is 450 g/mol. The molecule has 6 rings (SSSR count). The summed E-state index contributed by atoms with van der Waals surface area (Å²) in [5.41, 5.74) is 7.43. The lowest BCUT2D eigenvalue weighted by atomic mass is 9.94. The molecule has 1 aromatic carbocycles. The zero-order chi connectivity index (χ0) is 22.2. The molecule has 5 aromatic rings. The first-order chi connectivity index (χ1) is 16.3. The maximum atomic E-state index is 10.3. The Balaban J connectivity index is 1.59. The molecule has 1 fully saturated rings. The second kappa shape index (κ2) is 8.41. The first-order valence-electron chi connectivity index (χ1n) is 10.6. The van der Waals surface area contributed by atoms with Gasteiger partial charge in [0.05, 0.1) is 31.9 Å². The molecule has 0 atom stereocenters. The van der Waals surface area contributed by atoms with E-state index < -0.39 is 0 Å². The third-order valence-electron chi connectivity index (χ3n) is 5.88. The number of rotatable bonds is 4. The lowest BCUT2D eigenvalue weighted by molar-refractivity contribution is 0.589. The van der Waals surface area contributed by atoms with Crippen molar-refractivity contribution in [2.24, 2.45) is 0 Å². The van der Waals surface area contributed by atoms with Crippen molar-refractivity contribution in [3.63, 3.8) is 0 Å². The largest absolute Gasteiger partial charge is 0.369 e. The number of nitrogens with one attached hydrogen (secondary N) is 2. The van der Waals surface area contributed by atoms with Gasteiger partial charge < -0.3 is 10.2 Å². The molecule has 0 spiro atoms. The van der Waals surface area contributed by atoms with E-state index in [9.17, 15) is 5.26 Å². The van der Waals surface area contributed by atoms with E-state index in [1.54, 1.807) is 23.0 Å². The Morgan fingerprint density at radius 2 is 1.88 bits per heavy atom. The number of hydrogen-bond acceptors (Lipinski definition) is 8. The maximum Gasteiger partial charge on any atom is 0.182 e. The minimum Gasteiger partial charge on any atom is -0.369 e. The number of thiophene rings is 1. The van der Waals surface area contributed by atoms with Gasteiger partial charge >= 0.3 is 0 Å². The summed E-state index contributed by atoms with van der Waals surface area (Å²) >= 11 is 3.10. The molecule has 0 radical (unpaired) electrons. The van der Waals surface area contributed by atoms with Crippen molar-refractivity contribution in [3.05, 3.63) is 59.0 Å². The van der Waals surface area contributed by atoms with Crippen LogP contribution in [0.4, 0.5) is 5.69 Å². The Kier molecular flexibility index (Phi) is 5.11. The van der Waals surface area contributed by atoms with Crippen LogP contribution in [0.3, 0.4) is 0 Å². The van der Waals surface area contributed by atoms with E-state index in [2.05, 4.69) is 61.8 Å². The van der Waals surface area contributed by atoms with Gasteiger partial charge in [0, 0.05) is 43.6 Å². The number of nitriles is 1. The van der Waals surface area contributed by atoms with E-state index in [1.165, 1.54) is 17.0 Å². The molecule has 4 aromatic heterocycles. The van der Waals surface area contributed by atoms with E-state index >= 15 is 0 Å². The van der Waals surface area contributed by atoms with Crippen molar-refractivity contribution in [2.75, 3.05) is 31.1 Å². The molecule has 5 heterocycles. The van der Waals surface area contributed by atoms with Gasteiger partial charge in [-0.25, -0.2) is 4.98 Å². The minimum atomic E-state index is 0.542. The van der Waals surface area contributed by atoms with E-state index in [0.29, 0.717) is 16.9 Å². The number of H-pyrrole nitrogens is 1. The van der Waals surface area contributed by atoms with Gasteiger partial charge in [-0.05, 0) is 29.1 Å². The normalized spacial score (nSPS) is 14.0. The van der Waals surface area contributed by atoms with Crippen molar-refractivity contribution in [2.45, 2.75) is 0 Å². The summed E-state index contributed by atoms with van der Waals surface area (Å²) in [7, 11) is 0. The molecular formula is C24H19N7S2. The topological polar surface area (TPSA) is 93.5 Å². The van der Waals surface area contributed by atoms with Crippen LogP contribution in [-0.4, -0.2) is 46.3 Å². The fourth-order valence-corrected chi connectivity index (χ4v) is 5.67. The van der Waals surface area contributed by atoms with Gasteiger partial charge in [-0.3, -0.25) is 10.1 Å². The highest BCUT2D eigenvalue weighted by Gasteiger charge is 2.24. The van der Waals surface area contributed by atoms with Crippen LogP contribution in [0.15, 0.2) is 53.5 Å². The molecule has 2 N–H and O–H groups in total. The highest BCUT2D eigenvalue weighted by Crippen LogP contribution is 2.42. The average Bonchev–Trinajstić information content (AvgIpc) is 3.65. The lowest BCUT2D eigenvalue weighted by Gasteiger charge is -2.29. The molecule has 33 heavy (non-hydrogen) atoms. The first-order valence-corrected chi connectivity index (χ1v) is 12.4. The minimum absolute atomic E-state index is 0.542. The molecule has 0 saturated carbocycles. The first kappa shape index (κ1) is 20.1. The summed E-state index contributed by atoms with van der Waals surface area (Å²) in [6, 6.07) is 15.0. The zero-order valence-corrected chi connectivity index (χ0v) is 19.2. The molecule has 0 bridgehead atoms. The third-order valence-corrected chi connectivity index (χ3v) is 7.55. The molecule has 9 heteroatoms. The number of aromatic nitrogens is 4.